The molecule has 0 amide bonds. The number of halogens is 5. The van der Waals surface area contributed by atoms with Crippen molar-refractivity contribution in [2.75, 3.05) is 25.7 Å². The van der Waals surface area contributed by atoms with E-state index in [0.717, 1.165) is 30.5 Å². The molecule has 2 N–H and O–H groups in total. The molecule has 0 aliphatic heterocycles. The van der Waals surface area contributed by atoms with E-state index in [-0.39, 0.29) is 23.6 Å². The zero-order valence-corrected chi connectivity index (χ0v) is 19.1. The van der Waals surface area contributed by atoms with Gasteiger partial charge in [0, 0.05) is 5.41 Å². The van der Waals surface area contributed by atoms with E-state index in [1.165, 1.54) is 13.8 Å². The third kappa shape index (κ3) is 6.72. The van der Waals surface area contributed by atoms with Crippen LogP contribution in [-0.2, 0) is 10.2 Å². The first-order valence-corrected chi connectivity index (χ1v) is 10.5. The molecule has 184 valence electrons. The number of aliphatic hydroxyl groups is 2. The Kier molecular flexibility index (Phi) is 9.47. The predicted octanol–water partition coefficient (Wildman–Crippen LogP) is 4.98. The quantitative estimate of drug-likeness (QED) is 0.149. The molecule has 0 heterocycles. The van der Waals surface area contributed by atoms with Gasteiger partial charge in [0.15, 0.2) is 40.5 Å². The summed E-state index contributed by atoms with van der Waals surface area (Å²) in [6, 6.07) is 3.88. The molecule has 0 fully saturated rings. The highest BCUT2D eigenvalue weighted by Crippen LogP contribution is 2.37. The number of benzene rings is 2. The number of rotatable bonds is 11. The summed E-state index contributed by atoms with van der Waals surface area (Å²) < 4.78 is 73.0. The minimum absolute atomic E-state index is 0.0667. The first-order valence-electron chi connectivity index (χ1n) is 9.93. The van der Waals surface area contributed by atoms with Gasteiger partial charge in [0.1, 0.15) is 32.2 Å². The maximum Gasteiger partial charge on any atom is 0.191 e. The van der Waals surface area contributed by atoms with Gasteiger partial charge in [-0.15, -0.1) is 18.0 Å². The van der Waals surface area contributed by atoms with E-state index in [0.29, 0.717) is 0 Å². The zero-order chi connectivity index (χ0) is 25.5. The lowest BCUT2D eigenvalue weighted by atomic mass is 9.78. The molecule has 0 aromatic heterocycles. The third-order valence-electron chi connectivity index (χ3n) is 4.79. The Morgan fingerprint density at radius 3 is 1.94 bits per heavy atom. The summed E-state index contributed by atoms with van der Waals surface area (Å²) in [7, 11) is 0. The van der Waals surface area contributed by atoms with Crippen molar-refractivity contribution in [2.24, 2.45) is 0 Å². The summed E-state index contributed by atoms with van der Waals surface area (Å²) >= 11 is 5.43. The van der Waals surface area contributed by atoms with E-state index in [4.69, 9.17) is 32.2 Å². The normalized spacial score (nSPS) is 12.7. The van der Waals surface area contributed by atoms with Gasteiger partial charge in [-0.3, -0.25) is 0 Å². The van der Waals surface area contributed by atoms with Gasteiger partial charge < -0.3 is 24.4 Å². The van der Waals surface area contributed by atoms with Crippen LogP contribution < -0.4 is 9.47 Å². The van der Waals surface area contributed by atoms with Crippen LogP contribution in [0.15, 0.2) is 36.3 Å². The van der Waals surface area contributed by atoms with Crippen LogP contribution in [0.5, 0.6) is 11.5 Å². The van der Waals surface area contributed by atoms with Crippen molar-refractivity contribution in [2.45, 2.75) is 25.4 Å². The fraction of sp³-hybridized carbons (Fsp3) is 0.333. The zero-order valence-electron chi connectivity index (χ0n) is 18.4. The lowest BCUT2D eigenvalue weighted by molar-refractivity contribution is 0.119. The number of terminal acetylenes is 1. The third-order valence-corrected chi connectivity index (χ3v) is 5.14. The summed E-state index contributed by atoms with van der Waals surface area (Å²) in [5, 5.41) is 19.0. The Morgan fingerprint density at radius 1 is 1.03 bits per heavy atom. The minimum atomic E-state index is -1.23. The van der Waals surface area contributed by atoms with Gasteiger partial charge in [0.25, 0.3) is 0 Å². The molecule has 0 radical (unpaired) electrons. The van der Waals surface area contributed by atoms with E-state index in [2.05, 4.69) is 5.92 Å². The second kappa shape index (κ2) is 11.9. The molecule has 2 rings (SSSR count). The topological polar surface area (TPSA) is 68.2 Å². The van der Waals surface area contributed by atoms with Gasteiger partial charge >= 0.3 is 0 Å². The lowest BCUT2D eigenvalue weighted by Crippen LogP contribution is -2.22. The van der Waals surface area contributed by atoms with Gasteiger partial charge in [-0.1, -0.05) is 19.8 Å². The van der Waals surface area contributed by atoms with Crippen LogP contribution in [0, 0.1) is 35.6 Å². The Balaban J connectivity index is 2.28. The van der Waals surface area contributed by atoms with Crippen molar-refractivity contribution in [3.05, 3.63) is 70.7 Å². The largest absolute Gasteiger partial charge is 0.506 e. The van der Waals surface area contributed by atoms with Crippen LogP contribution in [0.25, 0.3) is 0 Å². The molecule has 0 bridgehead atoms. The Hall–Kier alpha value is -3.09. The molecule has 2 aromatic carbocycles. The molecule has 2 aromatic rings. The summed E-state index contributed by atoms with van der Waals surface area (Å²) in [5.41, 5.74) is -1.09. The van der Waals surface area contributed by atoms with Crippen LogP contribution in [0.4, 0.5) is 17.6 Å². The number of hydrogen-bond acceptors (Lipinski definition) is 5. The van der Waals surface area contributed by atoms with Crippen LogP contribution in [-0.4, -0.2) is 42.0 Å². The lowest BCUT2D eigenvalue weighted by Gasteiger charge is -2.27. The first-order chi connectivity index (χ1) is 16.0. The average molecular weight is 503 g/mol. The summed E-state index contributed by atoms with van der Waals surface area (Å²) in [6.45, 7) is 1.92. The van der Waals surface area contributed by atoms with E-state index < -0.39 is 65.3 Å². The molecule has 1 atom stereocenters. The van der Waals surface area contributed by atoms with Crippen molar-refractivity contribution < 1.29 is 42.0 Å². The van der Waals surface area contributed by atoms with Crippen LogP contribution in [0.3, 0.4) is 0 Å². The minimum Gasteiger partial charge on any atom is -0.506 e. The number of alkyl halides is 1. The number of ether oxygens (including phenoxy) is 3. The number of aliphatic hydroxyl groups excluding tert-OH is 2. The molecule has 10 heteroatoms. The van der Waals surface area contributed by atoms with E-state index >= 15 is 0 Å². The second-order valence-electron chi connectivity index (χ2n) is 7.70. The van der Waals surface area contributed by atoms with Gasteiger partial charge in [0.2, 0.25) is 0 Å². The number of hydrogen-bond donors (Lipinski definition) is 2. The molecule has 0 unspecified atom stereocenters. The maximum atomic E-state index is 14.6. The highest BCUT2D eigenvalue weighted by atomic mass is 35.5. The SMILES string of the molecule is C#CCO/C=C(\O)COc1c(F)cc(C(C)(C)c2cc(F)c(OC[C@H](O)CCl)c(F)c2)cc1F. The fourth-order valence-electron chi connectivity index (χ4n) is 2.87. The average Bonchev–Trinajstić information content (AvgIpc) is 2.77. The fourth-order valence-corrected chi connectivity index (χ4v) is 2.96. The second-order valence-corrected chi connectivity index (χ2v) is 8.00. The van der Waals surface area contributed by atoms with Crippen molar-refractivity contribution in [3.63, 3.8) is 0 Å². The van der Waals surface area contributed by atoms with E-state index in [1.807, 2.05) is 0 Å². The molecule has 0 spiro atoms. The van der Waals surface area contributed by atoms with Crippen LogP contribution in [0.1, 0.15) is 25.0 Å². The maximum absolute atomic E-state index is 14.6. The van der Waals surface area contributed by atoms with Crippen molar-refractivity contribution in [1.29, 1.82) is 0 Å². The summed E-state index contributed by atoms with van der Waals surface area (Å²) in [5.74, 6) is -4.21. The molecule has 0 aliphatic rings. The van der Waals surface area contributed by atoms with E-state index in [9.17, 15) is 27.8 Å². The molecule has 5 nitrogen and oxygen atoms in total. The van der Waals surface area contributed by atoms with Gasteiger partial charge in [-0.25, -0.2) is 17.6 Å². The van der Waals surface area contributed by atoms with Gasteiger partial charge in [-0.05, 0) is 35.4 Å². The van der Waals surface area contributed by atoms with Crippen molar-refractivity contribution >= 4 is 11.6 Å². The van der Waals surface area contributed by atoms with E-state index in [1.54, 1.807) is 0 Å². The first kappa shape index (κ1) is 27.2. The summed E-state index contributed by atoms with van der Waals surface area (Å²) in [6.07, 6.45) is 4.76. The Bertz CT molecular complexity index is 1040. The molecule has 0 aliphatic carbocycles. The highest BCUT2D eigenvalue weighted by Gasteiger charge is 2.29. The smallest absolute Gasteiger partial charge is 0.191 e. The Morgan fingerprint density at radius 2 is 1.50 bits per heavy atom. The summed E-state index contributed by atoms with van der Waals surface area (Å²) in [4.78, 5) is 0. The standard InChI is InChI=1S/C24H23ClF4O5/c1-4-5-32-11-17(31)13-34-23-20(28)8-15(9-21(23)29)24(2,3)14-6-18(26)22(19(27)7-14)33-12-16(30)10-25/h1,6-9,11,16,30-31H,5,10,12-13H2,2-3H3/b17-11-/t16-/m1/s1. The monoisotopic (exact) mass is 502 g/mol. The predicted molar refractivity (Wildman–Crippen MR) is 118 cm³/mol. The van der Waals surface area contributed by atoms with Gasteiger partial charge in [0.05, 0.1) is 5.88 Å². The molecule has 34 heavy (non-hydrogen) atoms. The Labute approximate surface area is 199 Å². The molecule has 0 saturated carbocycles. The molecule has 0 saturated heterocycles. The highest BCUT2D eigenvalue weighted by molar-refractivity contribution is 6.18. The van der Waals surface area contributed by atoms with Crippen molar-refractivity contribution in [1.82, 2.24) is 0 Å². The van der Waals surface area contributed by atoms with Crippen LogP contribution in [0.2, 0.25) is 0 Å². The molecular formula is C24H23ClF4O5. The van der Waals surface area contributed by atoms with Crippen LogP contribution >= 0.6 is 11.6 Å². The van der Waals surface area contributed by atoms with Crippen molar-refractivity contribution in [3.8, 4) is 23.8 Å². The van der Waals surface area contributed by atoms with Gasteiger partial charge in [-0.2, -0.15) is 0 Å². The molecular weight excluding hydrogens is 480 g/mol.